The molecule has 1 saturated heterocycles. The molecule has 23 heavy (non-hydrogen) atoms. The van der Waals surface area contributed by atoms with Gasteiger partial charge in [-0.25, -0.2) is 4.98 Å². The highest BCUT2D eigenvalue weighted by atomic mass is 32.1. The first-order chi connectivity index (χ1) is 11.3. The summed E-state index contributed by atoms with van der Waals surface area (Å²) in [5.74, 6) is -0.0298. The normalized spacial score (nSPS) is 17.7. The molecule has 0 unspecified atom stereocenters. The highest BCUT2D eigenvalue weighted by molar-refractivity contribution is 7.26. The van der Waals surface area contributed by atoms with Crippen LogP contribution >= 0.6 is 22.7 Å². The average Bonchev–Trinajstić information content (AvgIpc) is 3.31. The number of fused-ring (bicyclic) bond motifs is 1. The van der Waals surface area contributed by atoms with Crippen LogP contribution in [0.25, 0.3) is 20.1 Å². The molecule has 1 aliphatic heterocycles. The summed E-state index contributed by atoms with van der Waals surface area (Å²) in [4.78, 5) is 18.6. The topological polar surface area (TPSA) is 51.2 Å². The minimum Gasteiger partial charge on any atom is -0.376 e. The monoisotopic (exact) mass is 344 g/mol. The second-order valence-electron chi connectivity index (χ2n) is 5.50. The number of nitrogens with one attached hydrogen (secondary N) is 1. The van der Waals surface area contributed by atoms with Gasteiger partial charge in [-0.15, -0.1) is 22.7 Å². The maximum atomic E-state index is 12.2. The number of hydrogen-bond acceptors (Lipinski definition) is 5. The van der Waals surface area contributed by atoms with E-state index < -0.39 is 0 Å². The number of amides is 1. The number of thiophene rings is 1. The molecule has 4 rings (SSSR count). The molecule has 3 heterocycles. The zero-order valence-corrected chi connectivity index (χ0v) is 14.1. The molecule has 1 N–H and O–H groups in total. The highest BCUT2D eigenvalue weighted by Crippen LogP contribution is 2.34. The Morgan fingerprint density at radius 1 is 1.26 bits per heavy atom. The van der Waals surface area contributed by atoms with E-state index >= 15 is 0 Å². The molecular formula is C17H16N2O2S2. The number of benzene rings is 1. The van der Waals surface area contributed by atoms with Crippen LogP contribution in [0.3, 0.4) is 0 Å². The van der Waals surface area contributed by atoms with Gasteiger partial charge in [-0.2, -0.15) is 0 Å². The number of nitrogens with zero attached hydrogens (tertiary/aromatic N) is 1. The van der Waals surface area contributed by atoms with Crippen LogP contribution in [0.2, 0.25) is 0 Å². The first-order valence-electron chi connectivity index (χ1n) is 7.65. The van der Waals surface area contributed by atoms with Gasteiger partial charge in [0.25, 0.3) is 5.91 Å². The van der Waals surface area contributed by atoms with E-state index in [0.29, 0.717) is 6.54 Å². The van der Waals surface area contributed by atoms with Gasteiger partial charge in [0.1, 0.15) is 5.01 Å². The summed E-state index contributed by atoms with van der Waals surface area (Å²) in [6.07, 6.45) is 2.28. The van der Waals surface area contributed by atoms with Gasteiger partial charge in [0.15, 0.2) is 0 Å². The van der Waals surface area contributed by atoms with Gasteiger partial charge in [-0.3, -0.25) is 4.79 Å². The van der Waals surface area contributed by atoms with Gasteiger partial charge in [0, 0.05) is 13.2 Å². The van der Waals surface area contributed by atoms with Crippen LogP contribution < -0.4 is 5.32 Å². The molecule has 4 nitrogen and oxygen atoms in total. The van der Waals surface area contributed by atoms with Crippen molar-refractivity contribution < 1.29 is 9.53 Å². The number of para-hydroxylation sites is 1. The minimum atomic E-state index is -0.0298. The fraction of sp³-hybridized carbons (Fsp3) is 0.294. The fourth-order valence-corrected chi connectivity index (χ4v) is 4.59. The average molecular weight is 344 g/mol. The summed E-state index contributed by atoms with van der Waals surface area (Å²) < 4.78 is 6.69. The largest absolute Gasteiger partial charge is 0.376 e. The van der Waals surface area contributed by atoms with Crippen LogP contribution in [0.5, 0.6) is 0 Å². The fourth-order valence-electron chi connectivity index (χ4n) is 2.65. The predicted octanol–water partition coefficient (Wildman–Crippen LogP) is 3.93. The van der Waals surface area contributed by atoms with E-state index in [0.717, 1.165) is 39.7 Å². The van der Waals surface area contributed by atoms with Crippen molar-refractivity contribution in [1.29, 1.82) is 0 Å². The molecule has 1 amide bonds. The molecule has 118 valence electrons. The standard InChI is InChI=1S/C17H16N2O2S2/c20-16(18-10-11-4-3-9-21-11)14-7-8-15(22-14)17-19-12-5-1-2-6-13(12)23-17/h1-2,5-8,11H,3-4,9-10H2,(H,18,20)/t11-/m0/s1. The number of aromatic nitrogens is 1. The maximum absolute atomic E-state index is 12.2. The Labute approximate surface area is 142 Å². The summed E-state index contributed by atoms with van der Waals surface area (Å²) in [5.41, 5.74) is 1.00. The highest BCUT2D eigenvalue weighted by Gasteiger charge is 2.18. The zero-order valence-electron chi connectivity index (χ0n) is 12.5. The third-order valence-corrected chi connectivity index (χ3v) is 6.14. The lowest BCUT2D eigenvalue weighted by atomic mass is 10.2. The first-order valence-corrected chi connectivity index (χ1v) is 9.28. The first kappa shape index (κ1) is 14.8. The van der Waals surface area contributed by atoms with Gasteiger partial charge in [-0.05, 0) is 37.1 Å². The van der Waals surface area contributed by atoms with Crippen LogP contribution in [0.15, 0.2) is 36.4 Å². The van der Waals surface area contributed by atoms with E-state index in [9.17, 15) is 4.79 Å². The summed E-state index contributed by atoms with van der Waals surface area (Å²) in [5, 5.41) is 3.93. The molecule has 1 aromatic carbocycles. The molecular weight excluding hydrogens is 328 g/mol. The number of carbonyl (C=O) groups excluding carboxylic acids is 1. The minimum absolute atomic E-state index is 0.0298. The number of thiazole rings is 1. The number of hydrogen-bond donors (Lipinski definition) is 1. The van der Waals surface area contributed by atoms with Crippen molar-refractivity contribution in [1.82, 2.24) is 10.3 Å². The molecule has 1 fully saturated rings. The smallest absolute Gasteiger partial charge is 0.261 e. The molecule has 1 aliphatic rings. The number of rotatable bonds is 4. The number of ether oxygens (including phenoxy) is 1. The van der Waals surface area contributed by atoms with Crippen molar-refractivity contribution in [2.75, 3.05) is 13.2 Å². The molecule has 3 aromatic rings. The van der Waals surface area contributed by atoms with Crippen molar-refractivity contribution in [3.05, 3.63) is 41.3 Å². The molecule has 0 saturated carbocycles. The lowest BCUT2D eigenvalue weighted by Gasteiger charge is -2.09. The Bertz CT molecular complexity index is 801. The van der Waals surface area contributed by atoms with Crippen LogP contribution in [0.4, 0.5) is 0 Å². The SMILES string of the molecule is O=C(NC[C@@H]1CCCO1)c1ccc(-c2nc3ccccc3s2)s1. The van der Waals surface area contributed by atoms with E-state index in [1.807, 2.05) is 30.3 Å². The Morgan fingerprint density at radius 3 is 3.00 bits per heavy atom. The van der Waals surface area contributed by atoms with Crippen LogP contribution in [-0.4, -0.2) is 30.1 Å². The van der Waals surface area contributed by atoms with Crippen molar-refractivity contribution in [3.63, 3.8) is 0 Å². The summed E-state index contributed by atoms with van der Waals surface area (Å²) >= 11 is 3.14. The van der Waals surface area contributed by atoms with Crippen molar-refractivity contribution in [2.24, 2.45) is 0 Å². The lowest BCUT2D eigenvalue weighted by molar-refractivity contribution is 0.0861. The Kier molecular flexibility index (Phi) is 4.11. The Balaban J connectivity index is 1.48. The molecule has 1 atom stereocenters. The quantitative estimate of drug-likeness (QED) is 0.780. The van der Waals surface area contributed by atoms with Gasteiger partial charge in [-0.1, -0.05) is 12.1 Å². The van der Waals surface area contributed by atoms with Gasteiger partial charge >= 0.3 is 0 Å². The van der Waals surface area contributed by atoms with Crippen LogP contribution in [0.1, 0.15) is 22.5 Å². The molecule has 2 aromatic heterocycles. The van der Waals surface area contributed by atoms with E-state index in [2.05, 4.69) is 16.4 Å². The second-order valence-corrected chi connectivity index (χ2v) is 7.61. The van der Waals surface area contributed by atoms with Gasteiger partial charge < -0.3 is 10.1 Å². The van der Waals surface area contributed by atoms with E-state index in [-0.39, 0.29) is 12.0 Å². The zero-order chi connectivity index (χ0) is 15.6. The molecule has 0 spiro atoms. The molecule has 6 heteroatoms. The second kappa shape index (κ2) is 6.39. The lowest BCUT2D eigenvalue weighted by Crippen LogP contribution is -2.31. The van der Waals surface area contributed by atoms with E-state index in [4.69, 9.17) is 4.74 Å². The summed E-state index contributed by atoms with van der Waals surface area (Å²) in [7, 11) is 0. The van der Waals surface area contributed by atoms with Crippen LogP contribution in [-0.2, 0) is 4.74 Å². The molecule has 0 aliphatic carbocycles. The van der Waals surface area contributed by atoms with Crippen molar-refractivity contribution in [3.8, 4) is 9.88 Å². The van der Waals surface area contributed by atoms with E-state index in [1.165, 1.54) is 16.0 Å². The third kappa shape index (κ3) is 3.15. The molecule has 0 radical (unpaired) electrons. The number of carbonyl (C=O) groups is 1. The maximum Gasteiger partial charge on any atom is 0.261 e. The van der Waals surface area contributed by atoms with Gasteiger partial charge in [0.2, 0.25) is 0 Å². The Hall–Kier alpha value is -1.76. The third-order valence-electron chi connectivity index (χ3n) is 3.85. The summed E-state index contributed by atoms with van der Waals surface area (Å²) in [6, 6.07) is 11.9. The Morgan fingerprint density at radius 2 is 2.17 bits per heavy atom. The van der Waals surface area contributed by atoms with E-state index in [1.54, 1.807) is 11.3 Å². The van der Waals surface area contributed by atoms with Crippen molar-refractivity contribution >= 4 is 38.8 Å². The van der Waals surface area contributed by atoms with Crippen molar-refractivity contribution in [2.45, 2.75) is 18.9 Å². The van der Waals surface area contributed by atoms with Crippen LogP contribution in [0, 0.1) is 0 Å². The summed E-state index contributed by atoms with van der Waals surface area (Å²) in [6.45, 7) is 1.40. The predicted molar refractivity (Wildman–Crippen MR) is 94.2 cm³/mol. The van der Waals surface area contributed by atoms with Gasteiger partial charge in [0.05, 0.1) is 26.1 Å². The molecule has 0 bridgehead atoms.